The first-order valence-corrected chi connectivity index (χ1v) is 6.83. The van der Waals surface area contributed by atoms with Crippen LogP contribution in [-0.4, -0.2) is 52.3 Å². The molecule has 6 nitrogen and oxygen atoms in total. The minimum Gasteiger partial charge on any atom is -0.385 e. The van der Waals surface area contributed by atoms with Gasteiger partial charge < -0.3 is 20.1 Å². The van der Waals surface area contributed by atoms with Gasteiger partial charge in [0, 0.05) is 45.0 Å². The van der Waals surface area contributed by atoms with Crippen molar-refractivity contribution in [3.05, 3.63) is 35.4 Å². The monoisotopic (exact) mass is 294 g/mol. The first-order valence-electron chi connectivity index (χ1n) is 6.83. The molecule has 0 heterocycles. The molecule has 116 valence electrons. The summed E-state index contributed by atoms with van der Waals surface area (Å²) in [5, 5.41) is 5.51. The lowest BCUT2D eigenvalue weighted by atomic mass is 10.1. The number of carbonyl (C=O) groups excluding carboxylic acids is 2. The minimum absolute atomic E-state index is 0.155. The highest BCUT2D eigenvalue weighted by Crippen LogP contribution is 2.04. The Balaban J connectivity index is 2.45. The lowest BCUT2D eigenvalue weighted by Crippen LogP contribution is -2.27. The van der Waals surface area contributed by atoms with E-state index in [2.05, 4.69) is 10.6 Å². The van der Waals surface area contributed by atoms with Crippen LogP contribution in [0.25, 0.3) is 0 Å². The Morgan fingerprint density at radius 2 is 1.33 bits per heavy atom. The summed E-state index contributed by atoms with van der Waals surface area (Å²) in [5.41, 5.74) is 1.04. The van der Waals surface area contributed by atoms with Gasteiger partial charge in [0.1, 0.15) is 0 Å². The number of hydrogen-bond donors (Lipinski definition) is 2. The van der Waals surface area contributed by atoms with E-state index in [-0.39, 0.29) is 11.8 Å². The number of carbonyl (C=O) groups is 2. The maximum Gasteiger partial charge on any atom is 0.251 e. The zero-order valence-corrected chi connectivity index (χ0v) is 12.5. The Morgan fingerprint density at radius 3 is 1.81 bits per heavy atom. The molecule has 0 aliphatic heterocycles. The molecule has 0 fully saturated rings. The number of rotatable bonds is 9. The third kappa shape index (κ3) is 6.37. The molecule has 1 rings (SSSR count). The second kappa shape index (κ2) is 9.90. The molecule has 0 spiro atoms. The Labute approximate surface area is 124 Å². The van der Waals surface area contributed by atoms with Gasteiger partial charge in [-0.25, -0.2) is 0 Å². The summed E-state index contributed by atoms with van der Waals surface area (Å²) in [4.78, 5) is 23.6. The molecule has 2 amide bonds. The average molecular weight is 294 g/mol. The lowest BCUT2D eigenvalue weighted by Gasteiger charge is -2.07. The summed E-state index contributed by atoms with van der Waals surface area (Å²) < 4.78 is 9.76. The quantitative estimate of drug-likeness (QED) is 0.661. The maximum absolute atomic E-state index is 11.8. The molecule has 0 radical (unpaired) electrons. The smallest absolute Gasteiger partial charge is 0.251 e. The second-order valence-electron chi connectivity index (χ2n) is 4.43. The van der Waals surface area contributed by atoms with Gasteiger partial charge in [-0.2, -0.15) is 0 Å². The van der Waals surface area contributed by atoms with Crippen molar-refractivity contribution in [3.8, 4) is 0 Å². The van der Waals surface area contributed by atoms with Crippen LogP contribution in [0.2, 0.25) is 0 Å². The largest absolute Gasteiger partial charge is 0.385 e. The summed E-state index contributed by atoms with van der Waals surface area (Å²) in [5.74, 6) is -0.337. The Bertz CT molecular complexity index is 445. The Morgan fingerprint density at radius 1 is 0.857 bits per heavy atom. The van der Waals surface area contributed by atoms with Crippen molar-refractivity contribution < 1.29 is 19.1 Å². The van der Waals surface area contributed by atoms with Crippen LogP contribution in [-0.2, 0) is 9.47 Å². The highest BCUT2D eigenvalue weighted by molar-refractivity contribution is 5.97. The number of methoxy groups -OCH3 is 2. The van der Waals surface area contributed by atoms with Gasteiger partial charge in [0.2, 0.25) is 0 Å². The molecule has 0 saturated heterocycles. The summed E-state index contributed by atoms with van der Waals surface area (Å²) in [7, 11) is 3.20. The lowest BCUT2D eigenvalue weighted by molar-refractivity contribution is 0.0930. The standard InChI is InChI=1S/C15H22N2O4/c1-20-10-3-8-16-14(18)12-4-6-13(7-5-12)15(19)17-9-11-21-2/h4-7H,3,8-11H2,1-2H3,(H,16,18)(H,17,19). The Kier molecular flexibility index (Phi) is 8.08. The number of hydrogen-bond acceptors (Lipinski definition) is 4. The van der Waals surface area contributed by atoms with Gasteiger partial charge in [-0.15, -0.1) is 0 Å². The summed E-state index contributed by atoms with van der Waals surface area (Å²) in [6.45, 7) is 2.09. The van der Waals surface area contributed by atoms with E-state index in [4.69, 9.17) is 9.47 Å². The van der Waals surface area contributed by atoms with E-state index in [1.807, 2.05) is 0 Å². The van der Waals surface area contributed by atoms with Crippen LogP contribution in [0.5, 0.6) is 0 Å². The van der Waals surface area contributed by atoms with Crippen molar-refractivity contribution in [2.24, 2.45) is 0 Å². The molecule has 21 heavy (non-hydrogen) atoms. The van der Waals surface area contributed by atoms with Crippen LogP contribution in [0.15, 0.2) is 24.3 Å². The van der Waals surface area contributed by atoms with Crippen LogP contribution in [0.4, 0.5) is 0 Å². The number of benzene rings is 1. The molecule has 6 heteroatoms. The molecule has 0 aromatic heterocycles. The maximum atomic E-state index is 11.8. The molecule has 0 unspecified atom stereocenters. The zero-order chi connectivity index (χ0) is 15.5. The molecular weight excluding hydrogens is 272 g/mol. The van der Waals surface area contributed by atoms with E-state index in [0.717, 1.165) is 6.42 Å². The fourth-order valence-corrected chi connectivity index (χ4v) is 1.66. The van der Waals surface area contributed by atoms with Crippen molar-refractivity contribution in [2.45, 2.75) is 6.42 Å². The third-order valence-corrected chi connectivity index (χ3v) is 2.81. The highest BCUT2D eigenvalue weighted by Gasteiger charge is 2.08. The molecule has 0 bridgehead atoms. The van der Waals surface area contributed by atoms with Crippen LogP contribution in [0.1, 0.15) is 27.1 Å². The molecule has 0 aliphatic rings. The van der Waals surface area contributed by atoms with E-state index in [1.54, 1.807) is 38.5 Å². The molecular formula is C15H22N2O4. The predicted molar refractivity (Wildman–Crippen MR) is 79.5 cm³/mol. The summed E-state index contributed by atoms with van der Waals surface area (Å²) in [6.07, 6.45) is 0.766. The Hall–Kier alpha value is -1.92. The van der Waals surface area contributed by atoms with Crippen LogP contribution >= 0.6 is 0 Å². The van der Waals surface area contributed by atoms with Crippen LogP contribution in [0.3, 0.4) is 0 Å². The number of nitrogens with one attached hydrogen (secondary N) is 2. The van der Waals surface area contributed by atoms with E-state index in [0.29, 0.717) is 37.4 Å². The molecule has 2 N–H and O–H groups in total. The molecule has 1 aromatic rings. The van der Waals surface area contributed by atoms with Crippen molar-refractivity contribution >= 4 is 11.8 Å². The van der Waals surface area contributed by atoms with Gasteiger partial charge in [0.05, 0.1) is 6.61 Å². The van der Waals surface area contributed by atoms with Crippen LogP contribution < -0.4 is 10.6 Å². The molecule has 0 aliphatic carbocycles. The second-order valence-corrected chi connectivity index (χ2v) is 4.43. The number of amides is 2. The third-order valence-electron chi connectivity index (χ3n) is 2.81. The topological polar surface area (TPSA) is 76.7 Å². The van der Waals surface area contributed by atoms with E-state index < -0.39 is 0 Å². The van der Waals surface area contributed by atoms with Gasteiger partial charge in [-0.3, -0.25) is 9.59 Å². The van der Waals surface area contributed by atoms with E-state index in [9.17, 15) is 9.59 Å². The van der Waals surface area contributed by atoms with Crippen molar-refractivity contribution in [1.29, 1.82) is 0 Å². The summed E-state index contributed by atoms with van der Waals surface area (Å²) >= 11 is 0. The van der Waals surface area contributed by atoms with E-state index in [1.165, 1.54) is 0 Å². The van der Waals surface area contributed by atoms with Gasteiger partial charge >= 0.3 is 0 Å². The first-order chi connectivity index (χ1) is 10.2. The summed E-state index contributed by atoms with van der Waals surface area (Å²) in [6, 6.07) is 6.53. The van der Waals surface area contributed by atoms with Gasteiger partial charge in [0.15, 0.2) is 0 Å². The normalized spacial score (nSPS) is 10.2. The molecule has 0 saturated carbocycles. The molecule has 1 aromatic carbocycles. The van der Waals surface area contributed by atoms with Gasteiger partial charge in [0.25, 0.3) is 11.8 Å². The van der Waals surface area contributed by atoms with Crippen molar-refractivity contribution in [2.75, 3.05) is 40.5 Å². The zero-order valence-electron chi connectivity index (χ0n) is 12.5. The van der Waals surface area contributed by atoms with Gasteiger partial charge in [-0.1, -0.05) is 0 Å². The first kappa shape index (κ1) is 17.1. The van der Waals surface area contributed by atoms with Crippen molar-refractivity contribution in [3.63, 3.8) is 0 Å². The SMILES string of the molecule is COCCCNC(=O)c1ccc(C(=O)NCCOC)cc1. The fraction of sp³-hybridized carbons (Fsp3) is 0.467. The average Bonchev–Trinajstić information content (AvgIpc) is 2.51. The van der Waals surface area contributed by atoms with Gasteiger partial charge in [-0.05, 0) is 30.7 Å². The van der Waals surface area contributed by atoms with Crippen molar-refractivity contribution in [1.82, 2.24) is 10.6 Å². The predicted octanol–water partition coefficient (Wildman–Crippen LogP) is 0.829. The fourth-order valence-electron chi connectivity index (χ4n) is 1.66. The number of ether oxygens (including phenoxy) is 2. The minimum atomic E-state index is -0.181. The molecule has 0 atom stereocenters. The van der Waals surface area contributed by atoms with E-state index >= 15 is 0 Å². The highest BCUT2D eigenvalue weighted by atomic mass is 16.5. The van der Waals surface area contributed by atoms with Crippen LogP contribution in [0, 0.1) is 0 Å².